The first kappa shape index (κ1) is 14.2. The number of likely N-dealkylation sites (tertiary alicyclic amines) is 1. The van der Waals surface area contributed by atoms with Crippen molar-refractivity contribution in [2.75, 3.05) is 19.6 Å². The number of hydrogen-bond acceptors (Lipinski definition) is 4. The summed E-state index contributed by atoms with van der Waals surface area (Å²) in [5.41, 5.74) is 2.08. The lowest BCUT2D eigenvalue weighted by Gasteiger charge is -2.39. The van der Waals surface area contributed by atoms with E-state index in [4.69, 9.17) is 9.63 Å². The third kappa shape index (κ3) is 3.14. The molecule has 2 aromatic rings. The van der Waals surface area contributed by atoms with Crippen LogP contribution >= 0.6 is 0 Å². The SMILES string of the molecule is CC(CN1CC(c2cc(CO)on2)C1)c1ccc(F)cc1. The van der Waals surface area contributed by atoms with Gasteiger partial charge in [0.05, 0.1) is 5.69 Å². The van der Waals surface area contributed by atoms with E-state index >= 15 is 0 Å². The first-order valence-corrected chi connectivity index (χ1v) is 7.20. The molecule has 112 valence electrons. The highest BCUT2D eigenvalue weighted by atomic mass is 19.1. The van der Waals surface area contributed by atoms with Crippen molar-refractivity contribution in [2.45, 2.75) is 25.4 Å². The van der Waals surface area contributed by atoms with Gasteiger partial charge in [-0.15, -0.1) is 0 Å². The van der Waals surface area contributed by atoms with Crippen molar-refractivity contribution in [3.05, 3.63) is 53.2 Å². The van der Waals surface area contributed by atoms with E-state index in [1.165, 1.54) is 12.1 Å². The van der Waals surface area contributed by atoms with E-state index in [-0.39, 0.29) is 12.4 Å². The van der Waals surface area contributed by atoms with Crippen LogP contribution in [0.3, 0.4) is 0 Å². The first-order valence-electron chi connectivity index (χ1n) is 7.20. The summed E-state index contributed by atoms with van der Waals surface area (Å²) in [5, 5.41) is 13.0. The molecule has 1 fully saturated rings. The lowest BCUT2D eigenvalue weighted by atomic mass is 9.93. The zero-order valence-electron chi connectivity index (χ0n) is 12.0. The molecule has 1 saturated heterocycles. The summed E-state index contributed by atoms with van der Waals surface area (Å²) in [4.78, 5) is 2.35. The molecule has 1 aromatic carbocycles. The molecule has 2 heterocycles. The lowest BCUT2D eigenvalue weighted by Crippen LogP contribution is -2.46. The number of rotatable bonds is 5. The number of aliphatic hydroxyl groups is 1. The second-order valence-corrected chi connectivity index (χ2v) is 5.74. The van der Waals surface area contributed by atoms with Crippen LogP contribution in [-0.4, -0.2) is 34.8 Å². The summed E-state index contributed by atoms with van der Waals surface area (Å²) in [5.74, 6) is 1.08. The van der Waals surface area contributed by atoms with E-state index in [0.29, 0.717) is 17.6 Å². The molecule has 1 unspecified atom stereocenters. The number of aliphatic hydroxyl groups excluding tert-OH is 1. The van der Waals surface area contributed by atoms with Crippen LogP contribution < -0.4 is 0 Å². The van der Waals surface area contributed by atoms with E-state index in [1.807, 2.05) is 18.2 Å². The highest BCUT2D eigenvalue weighted by Gasteiger charge is 2.31. The Labute approximate surface area is 123 Å². The third-order valence-corrected chi connectivity index (χ3v) is 4.08. The van der Waals surface area contributed by atoms with Crippen molar-refractivity contribution in [1.29, 1.82) is 0 Å². The zero-order chi connectivity index (χ0) is 14.8. The molecule has 1 aliphatic heterocycles. The average molecular weight is 290 g/mol. The van der Waals surface area contributed by atoms with E-state index in [1.54, 1.807) is 0 Å². The average Bonchev–Trinajstić information content (AvgIpc) is 2.91. The van der Waals surface area contributed by atoms with E-state index in [0.717, 1.165) is 30.9 Å². The predicted octanol–water partition coefficient (Wildman–Crippen LogP) is 2.51. The third-order valence-electron chi connectivity index (χ3n) is 4.08. The Morgan fingerprint density at radius 3 is 2.71 bits per heavy atom. The van der Waals surface area contributed by atoms with Crippen molar-refractivity contribution >= 4 is 0 Å². The van der Waals surface area contributed by atoms with Crippen LogP contribution in [0.15, 0.2) is 34.9 Å². The number of aromatic nitrogens is 1. The van der Waals surface area contributed by atoms with Crippen LogP contribution in [0.25, 0.3) is 0 Å². The standard InChI is InChI=1S/C16H19FN2O2/c1-11(12-2-4-14(17)5-3-12)7-19-8-13(9-19)16-6-15(10-20)21-18-16/h2-6,11,13,20H,7-10H2,1H3. The Morgan fingerprint density at radius 1 is 1.38 bits per heavy atom. The predicted molar refractivity (Wildman–Crippen MR) is 76.4 cm³/mol. The molecular weight excluding hydrogens is 271 g/mol. The normalized spacial score (nSPS) is 17.7. The van der Waals surface area contributed by atoms with Gasteiger partial charge in [-0.05, 0) is 23.6 Å². The van der Waals surface area contributed by atoms with E-state index < -0.39 is 0 Å². The summed E-state index contributed by atoms with van der Waals surface area (Å²) in [7, 11) is 0. The summed E-state index contributed by atoms with van der Waals surface area (Å²) in [6, 6.07) is 8.55. The molecule has 4 nitrogen and oxygen atoms in total. The van der Waals surface area contributed by atoms with Crippen molar-refractivity contribution in [3.8, 4) is 0 Å². The fourth-order valence-electron chi connectivity index (χ4n) is 2.79. The van der Waals surface area contributed by atoms with Gasteiger partial charge in [-0.2, -0.15) is 0 Å². The van der Waals surface area contributed by atoms with Gasteiger partial charge in [0.2, 0.25) is 0 Å². The van der Waals surface area contributed by atoms with Crippen LogP contribution in [0, 0.1) is 5.82 Å². The second kappa shape index (κ2) is 5.95. The molecule has 0 amide bonds. The molecule has 1 atom stereocenters. The van der Waals surface area contributed by atoms with Gasteiger partial charge in [-0.3, -0.25) is 0 Å². The second-order valence-electron chi connectivity index (χ2n) is 5.74. The van der Waals surface area contributed by atoms with Crippen LogP contribution in [0.1, 0.15) is 35.8 Å². The van der Waals surface area contributed by atoms with Gasteiger partial charge in [0.15, 0.2) is 5.76 Å². The van der Waals surface area contributed by atoms with E-state index in [2.05, 4.69) is 17.0 Å². The van der Waals surface area contributed by atoms with Gasteiger partial charge in [-0.1, -0.05) is 24.2 Å². The van der Waals surface area contributed by atoms with Gasteiger partial charge >= 0.3 is 0 Å². The maximum atomic E-state index is 12.9. The van der Waals surface area contributed by atoms with Crippen LogP contribution in [0.5, 0.6) is 0 Å². The molecule has 21 heavy (non-hydrogen) atoms. The molecule has 3 rings (SSSR count). The molecule has 5 heteroatoms. The van der Waals surface area contributed by atoms with Crippen LogP contribution in [0.2, 0.25) is 0 Å². The monoisotopic (exact) mass is 290 g/mol. The Balaban J connectivity index is 1.51. The number of benzene rings is 1. The molecule has 1 N–H and O–H groups in total. The highest BCUT2D eigenvalue weighted by Crippen LogP contribution is 2.29. The molecule has 0 saturated carbocycles. The van der Waals surface area contributed by atoms with Gasteiger partial charge in [0.25, 0.3) is 0 Å². The number of hydrogen-bond donors (Lipinski definition) is 1. The Bertz CT molecular complexity index is 591. The molecule has 1 aromatic heterocycles. The number of nitrogens with zero attached hydrogens (tertiary/aromatic N) is 2. The van der Waals surface area contributed by atoms with Crippen molar-refractivity contribution in [2.24, 2.45) is 0 Å². The van der Waals surface area contributed by atoms with Crippen molar-refractivity contribution in [1.82, 2.24) is 10.1 Å². The van der Waals surface area contributed by atoms with Gasteiger partial charge in [0, 0.05) is 31.6 Å². The molecule has 0 radical (unpaired) electrons. The minimum atomic E-state index is -0.194. The Kier molecular flexibility index (Phi) is 4.03. The van der Waals surface area contributed by atoms with Gasteiger partial charge in [0.1, 0.15) is 12.4 Å². The fraction of sp³-hybridized carbons (Fsp3) is 0.438. The highest BCUT2D eigenvalue weighted by molar-refractivity contribution is 5.21. The van der Waals surface area contributed by atoms with Gasteiger partial charge < -0.3 is 14.5 Å². The Morgan fingerprint density at radius 2 is 2.10 bits per heavy atom. The van der Waals surface area contributed by atoms with Gasteiger partial charge in [-0.25, -0.2) is 4.39 Å². The molecular formula is C16H19FN2O2. The largest absolute Gasteiger partial charge is 0.388 e. The molecule has 0 bridgehead atoms. The topological polar surface area (TPSA) is 49.5 Å². The smallest absolute Gasteiger partial charge is 0.162 e. The zero-order valence-corrected chi connectivity index (χ0v) is 12.0. The summed E-state index contributed by atoms with van der Waals surface area (Å²) < 4.78 is 17.9. The maximum absolute atomic E-state index is 12.9. The summed E-state index contributed by atoms with van der Waals surface area (Å²) in [6.45, 7) is 4.89. The van der Waals surface area contributed by atoms with E-state index in [9.17, 15) is 4.39 Å². The molecule has 0 spiro atoms. The van der Waals surface area contributed by atoms with Crippen LogP contribution in [-0.2, 0) is 6.61 Å². The van der Waals surface area contributed by atoms with Crippen molar-refractivity contribution in [3.63, 3.8) is 0 Å². The van der Waals surface area contributed by atoms with Crippen molar-refractivity contribution < 1.29 is 14.0 Å². The minimum absolute atomic E-state index is 0.106. The molecule has 1 aliphatic rings. The Hall–Kier alpha value is -1.72. The fourth-order valence-corrected chi connectivity index (χ4v) is 2.79. The minimum Gasteiger partial charge on any atom is -0.388 e. The maximum Gasteiger partial charge on any atom is 0.162 e. The summed E-state index contributed by atoms with van der Waals surface area (Å²) >= 11 is 0. The first-order chi connectivity index (χ1) is 10.2. The lowest BCUT2D eigenvalue weighted by molar-refractivity contribution is 0.135. The summed E-state index contributed by atoms with van der Waals surface area (Å²) in [6.07, 6.45) is 0. The van der Waals surface area contributed by atoms with Crippen LogP contribution in [0.4, 0.5) is 4.39 Å². The quantitative estimate of drug-likeness (QED) is 0.919. The number of halogens is 1. The molecule has 0 aliphatic carbocycles.